The molecule has 4 amide bonds. The molecule has 0 bridgehead atoms. The van der Waals surface area contributed by atoms with Crippen molar-refractivity contribution in [2.24, 2.45) is 17.8 Å². The van der Waals surface area contributed by atoms with E-state index in [-0.39, 0.29) is 30.3 Å². The zero-order chi connectivity index (χ0) is 35.5. The number of para-hydroxylation sites is 1. The number of aliphatic carboxylic acids is 1. The zero-order valence-corrected chi connectivity index (χ0v) is 31.4. The number of halogens is 2. The molecule has 0 aromatic heterocycles. The average molecular weight is 771 g/mol. The third kappa shape index (κ3) is 8.31. The molecule has 3 fully saturated rings. The van der Waals surface area contributed by atoms with Gasteiger partial charge in [-0.2, -0.15) is 0 Å². The lowest BCUT2D eigenvalue weighted by Crippen LogP contribution is -2.51. The molecule has 0 spiro atoms. The number of aryl methyl sites for hydroxylation is 1. The monoisotopic (exact) mass is 769 g/mol. The van der Waals surface area contributed by atoms with Gasteiger partial charge in [-0.15, -0.1) is 0 Å². The van der Waals surface area contributed by atoms with E-state index in [0.717, 1.165) is 65.6 Å². The Morgan fingerprint density at radius 3 is 2.20 bits per heavy atom. The highest BCUT2D eigenvalue weighted by Crippen LogP contribution is 2.35. The maximum atomic E-state index is 14.2. The van der Waals surface area contributed by atoms with Crippen LogP contribution in [0.25, 0.3) is 0 Å². The lowest BCUT2D eigenvalue weighted by molar-refractivity contribution is -0.143. The number of rotatable bonds is 9. The van der Waals surface area contributed by atoms with Crippen molar-refractivity contribution in [2.45, 2.75) is 83.8 Å². The van der Waals surface area contributed by atoms with Gasteiger partial charge in [-0.25, -0.2) is 4.79 Å². The van der Waals surface area contributed by atoms with Crippen molar-refractivity contribution < 1.29 is 24.3 Å². The molecule has 6 rings (SSSR count). The number of carbonyl (C=O) groups is 4. The minimum atomic E-state index is -0.771. The standard InChI is InChI=1S/C38H49BrClN5O5/c1-24-19-26(21-32(39)35(24)40)20-30(36(47)44-15-9-28(10-16-44)27-7-13-42(14-8-27)25(2)37(48)49)22-34(46)43-17-11-31(12-18-43)45-23-29-5-3-4-6-33(29)41-38(45)50/h3-6,19,21,25,27-28,30-31H,7-18,20,22-23H2,1-2H3,(H,41,50)(H,48,49). The number of amides is 4. The maximum Gasteiger partial charge on any atom is 0.322 e. The lowest BCUT2D eigenvalue weighted by Gasteiger charge is -2.42. The summed E-state index contributed by atoms with van der Waals surface area (Å²) in [6, 6.07) is 11.3. The van der Waals surface area contributed by atoms with Crippen molar-refractivity contribution in [2.75, 3.05) is 44.6 Å². The summed E-state index contributed by atoms with van der Waals surface area (Å²) < 4.78 is 0.780. The molecular formula is C38H49BrClN5O5. The third-order valence-electron chi connectivity index (χ3n) is 11.6. The summed E-state index contributed by atoms with van der Waals surface area (Å²) in [5.41, 5.74) is 3.84. The maximum absolute atomic E-state index is 14.2. The molecule has 2 aromatic rings. The van der Waals surface area contributed by atoms with Gasteiger partial charge >= 0.3 is 12.0 Å². The van der Waals surface area contributed by atoms with E-state index in [4.69, 9.17) is 11.6 Å². The van der Waals surface area contributed by atoms with Crippen LogP contribution in [0.15, 0.2) is 40.9 Å². The van der Waals surface area contributed by atoms with E-state index >= 15 is 0 Å². The highest BCUT2D eigenvalue weighted by atomic mass is 79.9. The summed E-state index contributed by atoms with van der Waals surface area (Å²) in [7, 11) is 0. The lowest BCUT2D eigenvalue weighted by atomic mass is 9.78. The van der Waals surface area contributed by atoms with Crippen LogP contribution in [0, 0.1) is 24.7 Å². The van der Waals surface area contributed by atoms with Gasteiger partial charge in [-0.3, -0.25) is 19.3 Å². The number of nitrogens with zero attached hydrogens (tertiary/aromatic N) is 4. The number of carbonyl (C=O) groups excluding carboxylic acids is 3. The van der Waals surface area contributed by atoms with Crippen molar-refractivity contribution in [1.82, 2.24) is 19.6 Å². The smallest absolute Gasteiger partial charge is 0.322 e. The highest BCUT2D eigenvalue weighted by Gasteiger charge is 2.37. The summed E-state index contributed by atoms with van der Waals surface area (Å²) in [4.78, 5) is 60.2. The molecule has 4 aliphatic heterocycles. The molecule has 270 valence electrons. The van der Waals surface area contributed by atoms with Gasteiger partial charge in [0.2, 0.25) is 11.8 Å². The molecule has 3 saturated heterocycles. The minimum Gasteiger partial charge on any atom is -0.480 e. The van der Waals surface area contributed by atoms with Gasteiger partial charge < -0.3 is 25.1 Å². The number of hydrogen-bond donors (Lipinski definition) is 2. The van der Waals surface area contributed by atoms with E-state index in [0.29, 0.717) is 68.8 Å². The Labute approximate surface area is 308 Å². The van der Waals surface area contributed by atoms with Crippen LogP contribution in [0.1, 0.15) is 68.6 Å². The summed E-state index contributed by atoms with van der Waals surface area (Å²) in [5, 5.41) is 13.1. The number of fused-ring (bicyclic) bond motifs is 1. The van der Waals surface area contributed by atoms with Crippen LogP contribution in [0.5, 0.6) is 0 Å². The van der Waals surface area contributed by atoms with Crippen molar-refractivity contribution >= 4 is 57.0 Å². The Morgan fingerprint density at radius 1 is 0.940 bits per heavy atom. The number of urea groups is 1. The normalized spacial score (nSPS) is 21.0. The van der Waals surface area contributed by atoms with E-state index < -0.39 is 17.9 Å². The quantitative estimate of drug-likeness (QED) is 0.305. The molecule has 4 heterocycles. The molecule has 2 N–H and O–H groups in total. The first-order valence-corrected chi connectivity index (χ1v) is 19.3. The molecule has 0 radical (unpaired) electrons. The van der Waals surface area contributed by atoms with Gasteiger partial charge in [0.1, 0.15) is 6.04 Å². The van der Waals surface area contributed by atoms with Crippen LogP contribution in [0.2, 0.25) is 5.02 Å². The van der Waals surface area contributed by atoms with E-state index in [2.05, 4.69) is 26.1 Å². The highest BCUT2D eigenvalue weighted by molar-refractivity contribution is 9.10. The summed E-state index contributed by atoms with van der Waals surface area (Å²) in [6.45, 7) is 8.32. The second-order valence-corrected chi connectivity index (χ2v) is 15.9. The molecule has 0 saturated carbocycles. The van der Waals surface area contributed by atoms with Gasteiger partial charge in [0.15, 0.2) is 0 Å². The Balaban J connectivity index is 1.07. The number of nitrogens with one attached hydrogen (secondary N) is 1. The Hall–Kier alpha value is -3.15. The molecule has 0 aliphatic carbocycles. The first-order valence-electron chi connectivity index (χ1n) is 18.1. The summed E-state index contributed by atoms with van der Waals surface area (Å²) in [6.07, 6.45) is 5.83. The van der Waals surface area contributed by atoms with Gasteiger partial charge in [0.25, 0.3) is 0 Å². The fraction of sp³-hybridized carbons (Fsp3) is 0.579. The molecule has 50 heavy (non-hydrogen) atoms. The number of piperidine rings is 3. The van der Waals surface area contributed by atoms with Crippen molar-refractivity contribution in [1.29, 1.82) is 0 Å². The Bertz CT molecular complexity index is 1560. The van der Waals surface area contributed by atoms with E-state index in [1.54, 1.807) is 6.92 Å². The topological polar surface area (TPSA) is 113 Å². The zero-order valence-electron chi connectivity index (χ0n) is 29.1. The first kappa shape index (κ1) is 36.6. The molecule has 2 atom stereocenters. The van der Waals surface area contributed by atoms with Crippen LogP contribution in [-0.2, 0) is 27.3 Å². The fourth-order valence-corrected chi connectivity index (χ4v) is 9.23. The Kier molecular flexibility index (Phi) is 11.7. The summed E-state index contributed by atoms with van der Waals surface area (Å²) >= 11 is 9.99. The molecule has 2 unspecified atom stereocenters. The number of likely N-dealkylation sites (tertiary alicyclic amines) is 3. The predicted octanol–water partition coefficient (Wildman–Crippen LogP) is 6.42. The molecule has 10 nitrogen and oxygen atoms in total. The largest absolute Gasteiger partial charge is 0.480 e. The molecule has 4 aliphatic rings. The Morgan fingerprint density at radius 2 is 1.56 bits per heavy atom. The molecule has 2 aromatic carbocycles. The van der Waals surface area contributed by atoms with Gasteiger partial charge in [-0.1, -0.05) is 35.9 Å². The van der Waals surface area contributed by atoms with E-state index in [9.17, 15) is 24.3 Å². The van der Waals surface area contributed by atoms with Crippen LogP contribution in [0.3, 0.4) is 0 Å². The fourth-order valence-electron chi connectivity index (χ4n) is 8.51. The van der Waals surface area contributed by atoms with Crippen LogP contribution in [-0.4, -0.2) is 99.9 Å². The number of benzene rings is 2. The van der Waals surface area contributed by atoms with Gasteiger partial charge in [-0.05, 0) is 128 Å². The third-order valence-corrected chi connectivity index (χ3v) is 13.0. The average Bonchev–Trinajstić information content (AvgIpc) is 3.12. The summed E-state index contributed by atoms with van der Waals surface area (Å²) in [5.74, 6) is -0.180. The van der Waals surface area contributed by atoms with Gasteiger partial charge in [0, 0.05) is 55.3 Å². The van der Waals surface area contributed by atoms with Crippen molar-refractivity contribution in [3.63, 3.8) is 0 Å². The number of anilines is 1. The SMILES string of the molecule is Cc1cc(CC(CC(=O)N2CCC(N3Cc4ccccc4NC3=O)CC2)C(=O)N2CCC(C3CCN(C(C)C(=O)O)CC3)CC2)cc(Br)c1Cl. The van der Waals surface area contributed by atoms with Crippen LogP contribution in [0.4, 0.5) is 10.5 Å². The van der Waals surface area contributed by atoms with Crippen LogP contribution >= 0.6 is 27.5 Å². The molecular weight excluding hydrogens is 722 g/mol. The van der Waals surface area contributed by atoms with Crippen LogP contribution < -0.4 is 5.32 Å². The number of hydrogen-bond acceptors (Lipinski definition) is 5. The second-order valence-electron chi connectivity index (χ2n) is 14.7. The minimum absolute atomic E-state index is 0.0165. The predicted molar refractivity (Wildman–Crippen MR) is 197 cm³/mol. The van der Waals surface area contributed by atoms with Crippen molar-refractivity contribution in [3.05, 3.63) is 62.6 Å². The van der Waals surface area contributed by atoms with Crippen molar-refractivity contribution in [3.8, 4) is 0 Å². The first-order chi connectivity index (χ1) is 24.0. The van der Waals surface area contributed by atoms with Gasteiger partial charge in [0.05, 0.1) is 10.9 Å². The number of carboxylic acid groups (broad SMARTS) is 1. The molecule has 12 heteroatoms. The number of carboxylic acids is 1. The van der Waals surface area contributed by atoms with E-state index in [1.165, 1.54) is 0 Å². The van der Waals surface area contributed by atoms with E-state index in [1.807, 2.05) is 58.0 Å². The second kappa shape index (κ2) is 16.0.